The molecule has 0 amide bonds. The van der Waals surface area contributed by atoms with E-state index >= 15 is 0 Å². The monoisotopic (exact) mass is 827 g/mol. The maximum atomic E-state index is 12.6. The second-order valence-electron chi connectivity index (χ2n) is 16.7. The minimum absolute atomic E-state index is 0.0995. The number of carbonyl (C=O) groups excluding carboxylic acids is 3. The second kappa shape index (κ2) is 48.0. The van der Waals surface area contributed by atoms with E-state index in [0.717, 1.165) is 70.6 Å². The molecule has 342 valence electrons. The molecule has 0 aromatic carbocycles. The van der Waals surface area contributed by atoms with Crippen molar-refractivity contribution in [1.82, 2.24) is 0 Å². The molecule has 0 aliphatic heterocycles. The highest BCUT2D eigenvalue weighted by Crippen LogP contribution is 2.16. The predicted octanol–water partition coefficient (Wildman–Crippen LogP) is 16.3. The predicted molar refractivity (Wildman–Crippen MR) is 252 cm³/mol. The molecular formula is C53H94O6. The number of hydrogen-bond donors (Lipinski definition) is 0. The molecule has 6 heteroatoms. The number of unbranched alkanes of at least 4 members (excludes halogenated alkanes) is 26. The summed E-state index contributed by atoms with van der Waals surface area (Å²) < 4.78 is 16.6. The number of carbonyl (C=O) groups is 3. The molecular weight excluding hydrogens is 733 g/mol. The molecule has 6 nitrogen and oxygen atoms in total. The Bertz CT molecular complexity index is 1040. The lowest BCUT2D eigenvalue weighted by atomic mass is 10.0. The second-order valence-corrected chi connectivity index (χ2v) is 16.7. The Morgan fingerprint density at radius 1 is 0.356 bits per heavy atom. The highest BCUT2D eigenvalue weighted by molar-refractivity contribution is 5.71. The zero-order valence-electron chi connectivity index (χ0n) is 39.0. The Morgan fingerprint density at radius 3 is 1.00 bits per heavy atom. The van der Waals surface area contributed by atoms with Gasteiger partial charge >= 0.3 is 17.9 Å². The van der Waals surface area contributed by atoms with Crippen LogP contribution in [0.4, 0.5) is 0 Å². The minimum Gasteiger partial charge on any atom is -0.462 e. The van der Waals surface area contributed by atoms with Crippen molar-refractivity contribution < 1.29 is 28.6 Å². The van der Waals surface area contributed by atoms with Crippen LogP contribution in [0.3, 0.4) is 0 Å². The van der Waals surface area contributed by atoms with Gasteiger partial charge in [0, 0.05) is 19.3 Å². The third kappa shape index (κ3) is 46.3. The van der Waals surface area contributed by atoms with E-state index < -0.39 is 6.10 Å². The van der Waals surface area contributed by atoms with Crippen molar-refractivity contribution in [2.45, 2.75) is 258 Å². The van der Waals surface area contributed by atoms with Crippen molar-refractivity contribution in [3.63, 3.8) is 0 Å². The van der Waals surface area contributed by atoms with Gasteiger partial charge in [-0.3, -0.25) is 14.4 Å². The summed E-state index contributed by atoms with van der Waals surface area (Å²) in [4.78, 5) is 37.5. The van der Waals surface area contributed by atoms with Gasteiger partial charge in [-0.25, -0.2) is 0 Å². The fourth-order valence-corrected chi connectivity index (χ4v) is 7.10. The minimum atomic E-state index is -0.803. The number of hydrogen-bond acceptors (Lipinski definition) is 6. The van der Waals surface area contributed by atoms with Crippen LogP contribution in [0.25, 0.3) is 0 Å². The van der Waals surface area contributed by atoms with Gasteiger partial charge in [0.25, 0.3) is 0 Å². The van der Waals surface area contributed by atoms with Crippen LogP contribution in [0.5, 0.6) is 0 Å². The summed E-state index contributed by atoms with van der Waals surface area (Å²) in [6.45, 7) is 6.39. The Kier molecular flexibility index (Phi) is 45.9. The van der Waals surface area contributed by atoms with E-state index in [9.17, 15) is 14.4 Å². The Hall–Kier alpha value is -2.63. The molecule has 0 bridgehead atoms. The average molecular weight is 827 g/mol. The molecule has 0 heterocycles. The third-order valence-electron chi connectivity index (χ3n) is 10.9. The molecule has 0 aliphatic carbocycles. The molecule has 1 unspecified atom stereocenters. The number of rotatable bonds is 45. The van der Waals surface area contributed by atoms with E-state index in [2.05, 4.69) is 57.2 Å². The molecule has 0 N–H and O–H groups in total. The summed E-state index contributed by atoms with van der Waals surface area (Å²) in [5.74, 6) is -0.991. The van der Waals surface area contributed by atoms with E-state index in [-0.39, 0.29) is 37.5 Å². The lowest BCUT2D eigenvalue weighted by Gasteiger charge is -2.18. The van der Waals surface area contributed by atoms with E-state index in [1.165, 1.54) is 135 Å². The smallest absolute Gasteiger partial charge is 0.306 e. The molecule has 0 aliphatic rings. The van der Waals surface area contributed by atoms with Crippen LogP contribution in [-0.4, -0.2) is 37.2 Å². The Morgan fingerprint density at radius 2 is 0.661 bits per heavy atom. The maximum absolute atomic E-state index is 12.6. The van der Waals surface area contributed by atoms with Crippen molar-refractivity contribution in [2.24, 2.45) is 0 Å². The largest absolute Gasteiger partial charge is 0.462 e. The number of ether oxygens (including phenoxy) is 3. The molecule has 59 heavy (non-hydrogen) atoms. The normalized spacial score (nSPS) is 12.4. The summed E-state index contributed by atoms with van der Waals surface area (Å²) in [7, 11) is 0. The van der Waals surface area contributed by atoms with Crippen LogP contribution in [-0.2, 0) is 28.6 Å². The first-order chi connectivity index (χ1) is 29.0. The standard InChI is InChI=1S/C53H94O6/c1-4-7-10-13-15-17-19-21-22-23-24-25-26-27-28-29-30-32-33-35-37-40-43-46-52(55)58-49-50(48-57-51(54)45-42-39-12-9-6-3)59-53(56)47-44-41-38-36-34-31-20-18-16-14-11-8-5-2/h8,11,16,18,31,34,38,41,50H,4-7,9-10,12-15,17,19-30,32-33,35-37,39-40,42-49H2,1-3H3/b11-8-,18-16-,34-31-,41-38-. The van der Waals surface area contributed by atoms with Crippen molar-refractivity contribution >= 4 is 17.9 Å². The van der Waals surface area contributed by atoms with Gasteiger partial charge < -0.3 is 14.2 Å². The summed E-state index contributed by atoms with van der Waals surface area (Å²) >= 11 is 0. The molecule has 0 aromatic rings. The third-order valence-corrected chi connectivity index (χ3v) is 10.9. The highest BCUT2D eigenvalue weighted by Gasteiger charge is 2.19. The molecule has 0 radical (unpaired) electrons. The van der Waals surface area contributed by atoms with E-state index in [1.807, 2.05) is 12.2 Å². The molecule has 0 spiro atoms. The van der Waals surface area contributed by atoms with Gasteiger partial charge in [-0.2, -0.15) is 0 Å². The zero-order chi connectivity index (χ0) is 43.0. The fraction of sp³-hybridized carbons (Fsp3) is 0.792. The van der Waals surface area contributed by atoms with Crippen molar-refractivity contribution in [3.8, 4) is 0 Å². The lowest BCUT2D eigenvalue weighted by Crippen LogP contribution is -2.30. The molecule has 1 atom stereocenters. The first-order valence-corrected chi connectivity index (χ1v) is 25.1. The molecule has 0 saturated heterocycles. The van der Waals surface area contributed by atoms with Crippen LogP contribution < -0.4 is 0 Å². The van der Waals surface area contributed by atoms with Crippen LogP contribution in [0.15, 0.2) is 48.6 Å². The molecule has 0 fully saturated rings. The van der Waals surface area contributed by atoms with Gasteiger partial charge in [0.1, 0.15) is 13.2 Å². The summed E-state index contributed by atoms with van der Waals surface area (Å²) in [6, 6.07) is 0. The number of allylic oxidation sites excluding steroid dienone is 8. The zero-order valence-corrected chi connectivity index (χ0v) is 39.0. The van der Waals surface area contributed by atoms with Gasteiger partial charge in [0.05, 0.1) is 0 Å². The Labute approximate surface area is 365 Å². The molecule has 0 saturated carbocycles. The first kappa shape index (κ1) is 56.4. The van der Waals surface area contributed by atoms with Crippen molar-refractivity contribution in [3.05, 3.63) is 48.6 Å². The van der Waals surface area contributed by atoms with E-state index in [0.29, 0.717) is 19.3 Å². The fourth-order valence-electron chi connectivity index (χ4n) is 7.10. The van der Waals surface area contributed by atoms with Crippen molar-refractivity contribution in [2.75, 3.05) is 13.2 Å². The highest BCUT2D eigenvalue weighted by atomic mass is 16.6. The van der Waals surface area contributed by atoms with E-state index in [4.69, 9.17) is 14.2 Å². The van der Waals surface area contributed by atoms with Crippen LogP contribution in [0.2, 0.25) is 0 Å². The van der Waals surface area contributed by atoms with Gasteiger partial charge in [-0.15, -0.1) is 0 Å². The van der Waals surface area contributed by atoms with Crippen molar-refractivity contribution in [1.29, 1.82) is 0 Å². The molecule has 0 rings (SSSR count). The van der Waals surface area contributed by atoms with E-state index in [1.54, 1.807) is 0 Å². The summed E-state index contributed by atoms with van der Waals surface area (Å²) in [6.07, 6.45) is 57.4. The maximum Gasteiger partial charge on any atom is 0.306 e. The van der Waals surface area contributed by atoms with Crippen LogP contribution >= 0.6 is 0 Å². The summed E-state index contributed by atoms with van der Waals surface area (Å²) in [5.41, 5.74) is 0. The van der Waals surface area contributed by atoms with Crippen LogP contribution in [0, 0.1) is 0 Å². The van der Waals surface area contributed by atoms with Gasteiger partial charge in [0.2, 0.25) is 0 Å². The van der Waals surface area contributed by atoms with Gasteiger partial charge in [0.15, 0.2) is 6.10 Å². The number of esters is 3. The first-order valence-electron chi connectivity index (χ1n) is 25.1. The summed E-state index contributed by atoms with van der Waals surface area (Å²) in [5, 5.41) is 0. The lowest BCUT2D eigenvalue weighted by molar-refractivity contribution is -0.166. The van der Waals surface area contributed by atoms with Crippen LogP contribution in [0.1, 0.15) is 252 Å². The SMILES string of the molecule is CC/C=C\C/C=C\C/C=C\C/C=C\CCC(=O)OC(COC(=O)CCCCCCC)COC(=O)CCCCCCCCCCCCCCCCCCCCCCCCC. The Balaban J connectivity index is 4.11. The van der Waals surface area contributed by atoms with Gasteiger partial charge in [-0.1, -0.05) is 236 Å². The quantitative estimate of drug-likeness (QED) is 0.0263. The topological polar surface area (TPSA) is 78.9 Å². The van der Waals surface area contributed by atoms with Gasteiger partial charge in [-0.05, 0) is 44.9 Å². The average Bonchev–Trinajstić information content (AvgIpc) is 3.23. The molecule has 0 aromatic heterocycles.